The summed E-state index contributed by atoms with van der Waals surface area (Å²) in [6.07, 6.45) is 1.84. The summed E-state index contributed by atoms with van der Waals surface area (Å²) in [4.78, 5) is 10.1. The lowest BCUT2D eigenvalue weighted by Crippen LogP contribution is -2.13. The largest absolute Gasteiger partial charge is 0.339 e. The molecule has 0 radical (unpaired) electrons. The lowest BCUT2D eigenvalue weighted by Gasteiger charge is -2.09. The van der Waals surface area contributed by atoms with Crippen LogP contribution in [0, 0.1) is 17.0 Å². The quantitative estimate of drug-likeness (QED) is 0.313. The number of nitro groups is 1. The number of non-ortho nitro benzene ring substituents is 1. The minimum atomic E-state index is -3.96. The molecule has 0 saturated carbocycles. The SMILES string of the molecule is Cc1ccc(-n2ccc(Nc3ccc(NS(=O)(=O)c4cccc([N+](=O)[O-])c4)cc3)n2)cc1. The maximum absolute atomic E-state index is 12.5. The topological polar surface area (TPSA) is 119 Å². The van der Waals surface area contributed by atoms with E-state index in [-0.39, 0.29) is 10.6 Å². The molecule has 1 heterocycles. The Morgan fingerprint density at radius 1 is 0.938 bits per heavy atom. The van der Waals surface area contributed by atoms with E-state index in [4.69, 9.17) is 0 Å². The predicted molar refractivity (Wildman–Crippen MR) is 122 cm³/mol. The molecule has 32 heavy (non-hydrogen) atoms. The third-order valence-electron chi connectivity index (χ3n) is 4.64. The molecule has 1 aromatic heterocycles. The first-order valence-electron chi connectivity index (χ1n) is 9.57. The van der Waals surface area contributed by atoms with Gasteiger partial charge in [0, 0.05) is 35.8 Å². The Balaban J connectivity index is 1.45. The number of anilines is 3. The van der Waals surface area contributed by atoms with E-state index in [1.807, 2.05) is 43.5 Å². The molecule has 0 amide bonds. The molecular weight excluding hydrogens is 430 g/mol. The molecule has 162 valence electrons. The van der Waals surface area contributed by atoms with Gasteiger partial charge in [-0.1, -0.05) is 23.8 Å². The maximum Gasteiger partial charge on any atom is 0.270 e. The lowest BCUT2D eigenvalue weighted by atomic mass is 10.2. The van der Waals surface area contributed by atoms with Crippen LogP contribution in [0.4, 0.5) is 22.9 Å². The van der Waals surface area contributed by atoms with Gasteiger partial charge in [-0.3, -0.25) is 14.8 Å². The Morgan fingerprint density at radius 2 is 1.62 bits per heavy atom. The summed E-state index contributed by atoms with van der Waals surface area (Å²) in [6.45, 7) is 2.02. The van der Waals surface area contributed by atoms with Crippen molar-refractivity contribution in [2.45, 2.75) is 11.8 Å². The second-order valence-corrected chi connectivity index (χ2v) is 8.73. The third kappa shape index (κ3) is 4.76. The summed E-state index contributed by atoms with van der Waals surface area (Å²) in [5.74, 6) is 0.635. The molecule has 0 spiro atoms. The zero-order chi connectivity index (χ0) is 22.7. The van der Waals surface area contributed by atoms with Gasteiger partial charge in [-0.2, -0.15) is 5.10 Å². The number of nitro benzene ring substituents is 1. The van der Waals surface area contributed by atoms with Gasteiger partial charge in [0.15, 0.2) is 5.82 Å². The highest BCUT2D eigenvalue weighted by molar-refractivity contribution is 7.92. The van der Waals surface area contributed by atoms with E-state index in [0.29, 0.717) is 11.5 Å². The van der Waals surface area contributed by atoms with Crippen molar-refractivity contribution in [1.82, 2.24) is 9.78 Å². The van der Waals surface area contributed by atoms with E-state index < -0.39 is 14.9 Å². The molecule has 0 atom stereocenters. The zero-order valence-electron chi connectivity index (χ0n) is 17.0. The minimum absolute atomic E-state index is 0.185. The molecule has 0 aliphatic rings. The van der Waals surface area contributed by atoms with Crippen LogP contribution in [0.5, 0.6) is 0 Å². The van der Waals surface area contributed by atoms with E-state index in [1.165, 1.54) is 23.8 Å². The van der Waals surface area contributed by atoms with Crippen LogP contribution in [0.15, 0.2) is 90.0 Å². The van der Waals surface area contributed by atoms with Crippen LogP contribution >= 0.6 is 0 Å². The van der Waals surface area contributed by atoms with E-state index in [0.717, 1.165) is 17.4 Å². The fraction of sp³-hybridized carbons (Fsp3) is 0.0455. The van der Waals surface area contributed by atoms with Gasteiger partial charge >= 0.3 is 0 Å². The molecule has 0 bridgehead atoms. The average Bonchev–Trinajstić information content (AvgIpc) is 3.24. The normalized spacial score (nSPS) is 11.2. The summed E-state index contributed by atoms with van der Waals surface area (Å²) < 4.78 is 29.3. The van der Waals surface area contributed by atoms with Gasteiger partial charge < -0.3 is 5.32 Å². The van der Waals surface area contributed by atoms with Crippen molar-refractivity contribution < 1.29 is 13.3 Å². The van der Waals surface area contributed by atoms with Crippen molar-refractivity contribution in [3.63, 3.8) is 0 Å². The van der Waals surface area contributed by atoms with Crippen molar-refractivity contribution in [3.05, 3.63) is 101 Å². The van der Waals surface area contributed by atoms with Gasteiger partial charge in [0.2, 0.25) is 0 Å². The van der Waals surface area contributed by atoms with Crippen molar-refractivity contribution in [2.75, 3.05) is 10.0 Å². The Labute approximate surface area is 184 Å². The van der Waals surface area contributed by atoms with Gasteiger partial charge in [-0.25, -0.2) is 13.1 Å². The summed E-state index contributed by atoms with van der Waals surface area (Å²) in [7, 11) is -3.96. The van der Waals surface area contributed by atoms with Gasteiger partial charge in [0.25, 0.3) is 15.7 Å². The highest BCUT2D eigenvalue weighted by Crippen LogP contribution is 2.23. The third-order valence-corrected chi connectivity index (χ3v) is 6.01. The second kappa shape index (κ2) is 8.52. The molecule has 10 heteroatoms. The smallest absolute Gasteiger partial charge is 0.270 e. The first kappa shape index (κ1) is 21.1. The molecule has 9 nitrogen and oxygen atoms in total. The van der Waals surface area contributed by atoms with Crippen LogP contribution in [0.2, 0.25) is 0 Å². The standard InChI is InChI=1S/C22H19N5O4S/c1-16-5-11-19(12-6-16)26-14-13-22(24-26)23-17-7-9-18(10-8-17)25-32(30,31)21-4-2-3-20(15-21)27(28)29/h2-15,25H,1H3,(H,23,24). The molecule has 0 aliphatic heterocycles. The molecular formula is C22H19N5O4S. The molecule has 0 saturated heterocycles. The summed E-state index contributed by atoms with van der Waals surface area (Å²) in [6, 6.07) is 21.3. The number of hydrogen-bond acceptors (Lipinski definition) is 6. The fourth-order valence-electron chi connectivity index (χ4n) is 2.98. The number of benzene rings is 3. The zero-order valence-corrected chi connectivity index (χ0v) is 17.8. The van der Waals surface area contributed by atoms with Crippen LogP contribution in [-0.4, -0.2) is 23.1 Å². The van der Waals surface area contributed by atoms with Crippen molar-refractivity contribution >= 4 is 32.9 Å². The van der Waals surface area contributed by atoms with Gasteiger partial charge in [0.1, 0.15) is 0 Å². The molecule has 3 aromatic carbocycles. The van der Waals surface area contributed by atoms with Gasteiger partial charge in [0.05, 0.1) is 15.5 Å². The van der Waals surface area contributed by atoms with Crippen LogP contribution in [-0.2, 0) is 10.0 Å². The summed E-state index contributed by atoms with van der Waals surface area (Å²) >= 11 is 0. The summed E-state index contributed by atoms with van der Waals surface area (Å²) in [5.41, 5.74) is 2.86. The lowest BCUT2D eigenvalue weighted by molar-refractivity contribution is -0.385. The first-order chi connectivity index (χ1) is 15.3. The van der Waals surface area contributed by atoms with E-state index >= 15 is 0 Å². The molecule has 0 fully saturated rings. The second-order valence-electron chi connectivity index (χ2n) is 7.04. The number of aryl methyl sites for hydroxylation is 1. The molecule has 2 N–H and O–H groups in total. The molecule has 0 aliphatic carbocycles. The molecule has 4 aromatic rings. The van der Waals surface area contributed by atoms with Crippen molar-refractivity contribution in [2.24, 2.45) is 0 Å². The number of sulfonamides is 1. The Bertz CT molecular complexity index is 1360. The highest BCUT2D eigenvalue weighted by atomic mass is 32.2. The van der Waals surface area contributed by atoms with Gasteiger partial charge in [-0.05, 0) is 49.4 Å². The van der Waals surface area contributed by atoms with E-state index in [1.54, 1.807) is 28.9 Å². The Kier molecular flexibility index (Phi) is 5.61. The minimum Gasteiger partial charge on any atom is -0.339 e. The Morgan fingerprint density at radius 3 is 2.31 bits per heavy atom. The number of nitrogens with zero attached hydrogens (tertiary/aromatic N) is 3. The first-order valence-corrected chi connectivity index (χ1v) is 11.1. The average molecular weight is 449 g/mol. The van der Waals surface area contributed by atoms with E-state index in [9.17, 15) is 18.5 Å². The Hall–Kier alpha value is -4.18. The van der Waals surface area contributed by atoms with Crippen LogP contribution in [0.25, 0.3) is 5.69 Å². The fourth-order valence-corrected chi connectivity index (χ4v) is 4.08. The number of rotatable bonds is 7. The van der Waals surface area contributed by atoms with Crippen LogP contribution < -0.4 is 10.0 Å². The molecule has 0 unspecified atom stereocenters. The molecule has 4 rings (SSSR count). The highest BCUT2D eigenvalue weighted by Gasteiger charge is 2.17. The van der Waals surface area contributed by atoms with E-state index in [2.05, 4.69) is 15.1 Å². The monoisotopic (exact) mass is 449 g/mol. The van der Waals surface area contributed by atoms with Crippen molar-refractivity contribution in [1.29, 1.82) is 0 Å². The maximum atomic E-state index is 12.5. The van der Waals surface area contributed by atoms with Crippen LogP contribution in [0.1, 0.15) is 5.56 Å². The predicted octanol–water partition coefficient (Wildman–Crippen LogP) is 4.63. The summed E-state index contributed by atoms with van der Waals surface area (Å²) in [5, 5.41) is 18.5. The van der Waals surface area contributed by atoms with Crippen molar-refractivity contribution in [3.8, 4) is 5.69 Å². The van der Waals surface area contributed by atoms with Gasteiger partial charge in [-0.15, -0.1) is 0 Å². The number of aromatic nitrogens is 2. The number of nitrogens with one attached hydrogen (secondary N) is 2. The van der Waals surface area contributed by atoms with Crippen LogP contribution in [0.3, 0.4) is 0 Å². The number of hydrogen-bond donors (Lipinski definition) is 2.